The minimum absolute atomic E-state index is 0.00960. The van der Waals surface area contributed by atoms with Crippen LogP contribution in [0.3, 0.4) is 0 Å². The molecule has 10 heteroatoms. The van der Waals surface area contributed by atoms with E-state index in [1.165, 1.54) is 0 Å². The first-order valence-corrected chi connectivity index (χ1v) is 18.5. The maximum Gasteiger partial charge on any atom is 0.317 e. The van der Waals surface area contributed by atoms with Crippen LogP contribution in [0.4, 0.5) is 0 Å². The summed E-state index contributed by atoms with van der Waals surface area (Å²) in [6.45, 7) is 14.4. The molecule has 19 atom stereocenters. The fourth-order valence-corrected chi connectivity index (χ4v) is 13.8. The Morgan fingerprint density at radius 1 is 0.583 bits per heavy atom. The number of cyclic esters (lactones) is 5. The molecule has 48 heavy (non-hydrogen) atoms. The smallest absolute Gasteiger partial charge is 0.317 e. The van der Waals surface area contributed by atoms with Crippen LogP contribution < -0.4 is 0 Å². The summed E-state index contributed by atoms with van der Waals surface area (Å²) in [5, 5.41) is 0. The second-order valence-corrected chi connectivity index (χ2v) is 18.1. The van der Waals surface area contributed by atoms with Gasteiger partial charge in [-0.15, -0.1) is 0 Å². The number of carbonyl (C=O) groups excluding carboxylic acids is 6. The van der Waals surface area contributed by atoms with Crippen molar-refractivity contribution >= 4 is 35.8 Å². The average Bonchev–Trinajstić information content (AvgIpc) is 3.85. The molecule has 19 unspecified atom stereocenters. The maximum absolute atomic E-state index is 12.9. The maximum atomic E-state index is 12.9. The van der Waals surface area contributed by atoms with Crippen molar-refractivity contribution in [2.45, 2.75) is 79.8 Å². The summed E-state index contributed by atoms with van der Waals surface area (Å²) < 4.78 is 20.7. The molecule has 9 fully saturated rings. The predicted molar refractivity (Wildman–Crippen MR) is 166 cm³/mol. The highest BCUT2D eigenvalue weighted by Gasteiger charge is 2.70. The van der Waals surface area contributed by atoms with Gasteiger partial charge in [-0.3, -0.25) is 28.8 Å². The van der Waals surface area contributed by atoms with Crippen LogP contribution in [0.5, 0.6) is 0 Å². The zero-order valence-electron chi connectivity index (χ0n) is 29.1. The van der Waals surface area contributed by atoms with Crippen molar-refractivity contribution < 1.29 is 47.7 Å². The van der Waals surface area contributed by atoms with Crippen LogP contribution in [0.15, 0.2) is 0 Å². The number of esters is 6. The molecule has 3 aliphatic heterocycles. The van der Waals surface area contributed by atoms with Gasteiger partial charge in [-0.2, -0.15) is 0 Å². The highest BCUT2D eigenvalue weighted by molar-refractivity contribution is 5.97. The van der Waals surface area contributed by atoms with Crippen LogP contribution in [0.1, 0.15) is 74.1 Å². The molecule has 6 aliphatic carbocycles. The van der Waals surface area contributed by atoms with Crippen LogP contribution in [0.25, 0.3) is 0 Å². The molecule has 0 spiro atoms. The molecule has 262 valence electrons. The van der Waals surface area contributed by atoms with Crippen LogP contribution in [0.2, 0.25) is 0 Å². The number of hydrogen-bond acceptors (Lipinski definition) is 10. The van der Waals surface area contributed by atoms with Gasteiger partial charge >= 0.3 is 35.8 Å². The average molecular weight is 667 g/mol. The normalized spacial score (nSPS) is 52.2. The highest BCUT2D eigenvalue weighted by Crippen LogP contribution is 2.73. The minimum Gasteiger partial charge on any atom is -0.465 e. The number of rotatable bonds is 3. The van der Waals surface area contributed by atoms with Gasteiger partial charge in [-0.25, -0.2) is 0 Å². The molecule has 10 nitrogen and oxygen atoms in total. The van der Waals surface area contributed by atoms with Crippen LogP contribution in [-0.2, 0) is 47.7 Å². The van der Waals surface area contributed by atoms with Crippen molar-refractivity contribution in [2.24, 2.45) is 112 Å². The lowest BCUT2D eigenvalue weighted by Gasteiger charge is -2.45. The van der Waals surface area contributed by atoms with Gasteiger partial charge in [0.15, 0.2) is 0 Å². The van der Waals surface area contributed by atoms with Crippen molar-refractivity contribution in [2.75, 3.05) is 6.61 Å². The third-order valence-electron chi connectivity index (χ3n) is 15.2. The summed E-state index contributed by atoms with van der Waals surface area (Å²) in [7, 11) is 0. The molecule has 0 N–H and O–H groups in total. The van der Waals surface area contributed by atoms with Crippen LogP contribution in [-0.4, -0.2) is 48.0 Å². The van der Waals surface area contributed by atoms with E-state index in [2.05, 4.69) is 13.8 Å². The Hall–Kier alpha value is -2.78. The van der Waals surface area contributed by atoms with Crippen molar-refractivity contribution in [1.82, 2.24) is 0 Å². The molecule has 0 aromatic rings. The third kappa shape index (κ3) is 4.47. The molecule has 9 aliphatic rings. The molecular formula is C38H50O10. The molecule has 0 aromatic heterocycles. The minimum atomic E-state index is -0.451. The second kappa shape index (κ2) is 10.9. The second-order valence-electron chi connectivity index (χ2n) is 18.1. The number of fused-ring (bicyclic) bond motifs is 14. The summed E-state index contributed by atoms with van der Waals surface area (Å²) in [4.78, 5) is 72.9. The molecular weight excluding hydrogens is 616 g/mol. The van der Waals surface area contributed by atoms with E-state index in [4.69, 9.17) is 18.9 Å². The zero-order valence-corrected chi connectivity index (χ0v) is 29.1. The van der Waals surface area contributed by atoms with Gasteiger partial charge in [-0.1, -0.05) is 27.7 Å². The molecule has 9 rings (SSSR count). The Morgan fingerprint density at radius 3 is 1.71 bits per heavy atom. The molecule has 6 bridgehead atoms. The molecule has 3 saturated heterocycles. The van der Waals surface area contributed by atoms with Gasteiger partial charge in [-0.05, 0) is 117 Å². The third-order valence-corrected chi connectivity index (χ3v) is 15.2. The van der Waals surface area contributed by atoms with Crippen LogP contribution in [0, 0.1) is 112 Å². The first kappa shape index (κ1) is 32.4. The van der Waals surface area contributed by atoms with E-state index in [0.717, 1.165) is 25.7 Å². The Kier molecular flexibility index (Phi) is 7.34. The Labute approximate surface area is 282 Å². The van der Waals surface area contributed by atoms with Crippen LogP contribution >= 0.6 is 0 Å². The fraction of sp³-hybridized carbons (Fsp3) is 0.842. The van der Waals surface area contributed by atoms with E-state index in [1.807, 2.05) is 27.7 Å². The monoisotopic (exact) mass is 666 g/mol. The zero-order chi connectivity index (χ0) is 34.3. The molecule has 0 amide bonds. The lowest BCUT2D eigenvalue weighted by Crippen LogP contribution is -2.45. The van der Waals surface area contributed by atoms with Crippen molar-refractivity contribution in [3.63, 3.8) is 0 Å². The quantitative estimate of drug-likeness (QED) is 0.184. The Morgan fingerprint density at radius 2 is 1.15 bits per heavy atom. The summed E-state index contributed by atoms with van der Waals surface area (Å²) in [6.07, 6.45) is 4.25. The van der Waals surface area contributed by atoms with Gasteiger partial charge in [0.05, 0.1) is 42.1 Å². The van der Waals surface area contributed by atoms with Crippen molar-refractivity contribution in [3.05, 3.63) is 0 Å². The van der Waals surface area contributed by atoms with Crippen molar-refractivity contribution in [3.8, 4) is 0 Å². The topological polar surface area (TPSA) is 139 Å². The van der Waals surface area contributed by atoms with E-state index in [9.17, 15) is 28.8 Å². The van der Waals surface area contributed by atoms with Crippen molar-refractivity contribution in [1.29, 1.82) is 0 Å². The van der Waals surface area contributed by atoms with Gasteiger partial charge < -0.3 is 18.9 Å². The number of ether oxygens (including phenoxy) is 4. The largest absolute Gasteiger partial charge is 0.465 e. The van der Waals surface area contributed by atoms with Gasteiger partial charge in [0, 0.05) is 5.92 Å². The Balaban J connectivity index is 0.000000148. The van der Waals surface area contributed by atoms with E-state index in [1.54, 1.807) is 6.92 Å². The summed E-state index contributed by atoms with van der Waals surface area (Å²) in [5.41, 5.74) is -0.451. The van der Waals surface area contributed by atoms with E-state index >= 15 is 0 Å². The summed E-state index contributed by atoms with van der Waals surface area (Å²) in [5.74, 6) is 2.29. The van der Waals surface area contributed by atoms with Gasteiger partial charge in [0.25, 0.3) is 0 Å². The molecule has 3 heterocycles. The number of hydrogen-bond donors (Lipinski definition) is 0. The Bertz CT molecular complexity index is 1460. The molecule has 6 saturated carbocycles. The summed E-state index contributed by atoms with van der Waals surface area (Å²) in [6, 6.07) is 0. The summed E-state index contributed by atoms with van der Waals surface area (Å²) >= 11 is 0. The molecule has 0 aromatic carbocycles. The first-order chi connectivity index (χ1) is 22.6. The lowest BCUT2D eigenvalue weighted by molar-refractivity contribution is -0.165. The van der Waals surface area contributed by atoms with Gasteiger partial charge in [0.2, 0.25) is 0 Å². The van der Waals surface area contributed by atoms with E-state index in [-0.39, 0.29) is 77.1 Å². The standard InChI is InChI=1S/C23H32O5.C15H18O5/c1-9-12-8-15(16(9)17-10(2)20(24)27-22(17)26)19-13-6-11(18(12)19)7-14(13)21(25)28-23(3,4)5;1-5-7-3-8(12-9(7)4-19-14(12)17)10(5)11-6(2)13(16)20-15(11)18/h9-19H,6-8H2,1-5H3;5-12H,3-4H2,1-2H3. The first-order valence-electron chi connectivity index (χ1n) is 18.5. The fourth-order valence-electron chi connectivity index (χ4n) is 13.8. The molecule has 0 radical (unpaired) electrons. The SMILES string of the molecule is CC1C(=O)OC(=O)C1C1C(C)C2CC1C1C(=O)OCC21.CC1C(=O)OC(=O)C1C1C(C)C2CC1C1C3CC(CC3C(=O)OC(C)(C)C)C21. The predicted octanol–water partition coefficient (Wildman–Crippen LogP) is 4.47. The van der Waals surface area contributed by atoms with E-state index in [0.29, 0.717) is 65.8 Å². The number of carbonyl (C=O) groups is 6. The van der Waals surface area contributed by atoms with Gasteiger partial charge in [0.1, 0.15) is 5.60 Å². The highest BCUT2D eigenvalue weighted by atomic mass is 16.6. The lowest BCUT2D eigenvalue weighted by atomic mass is 9.58. The van der Waals surface area contributed by atoms with E-state index < -0.39 is 17.5 Å².